The monoisotopic (exact) mass is 281 g/mol. The third-order valence-electron chi connectivity index (χ3n) is 4.80. The smallest absolute Gasteiger partial charge is 0.145 e. The Bertz CT molecular complexity index is 474. The summed E-state index contributed by atoms with van der Waals surface area (Å²) in [5, 5.41) is 3.73. The molecule has 0 unspecified atom stereocenters. The van der Waals surface area contributed by atoms with Gasteiger partial charge in [0.05, 0.1) is 5.02 Å². The molecule has 0 bridgehead atoms. The molecular weight excluding hydrogens is 261 g/mol. The van der Waals surface area contributed by atoms with E-state index in [-0.39, 0.29) is 16.3 Å². The molecule has 1 aromatic rings. The highest BCUT2D eigenvalue weighted by molar-refractivity contribution is 6.30. The van der Waals surface area contributed by atoms with E-state index in [1.165, 1.54) is 12.8 Å². The van der Waals surface area contributed by atoms with Gasteiger partial charge in [-0.1, -0.05) is 30.7 Å². The third-order valence-corrected chi connectivity index (χ3v) is 5.09. The Morgan fingerprint density at radius 2 is 2.05 bits per heavy atom. The molecule has 0 aliphatic heterocycles. The van der Waals surface area contributed by atoms with Crippen LogP contribution in [0.15, 0.2) is 18.2 Å². The van der Waals surface area contributed by atoms with Crippen molar-refractivity contribution < 1.29 is 4.39 Å². The maximum atomic E-state index is 14.3. The van der Waals surface area contributed by atoms with E-state index in [9.17, 15) is 4.39 Å². The molecule has 3 heteroatoms. The molecule has 2 fully saturated rings. The van der Waals surface area contributed by atoms with Crippen molar-refractivity contribution in [1.29, 1.82) is 0 Å². The largest absolute Gasteiger partial charge is 0.316 e. The van der Waals surface area contributed by atoms with Crippen LogP contribution in [-0.2, 0) is 5.41 Å². The summed E-state index contributed by atoms with van der Waals surface area (Å²) in [6.45, 7) is 4.03. The van der Waals surface area contributed by atoms with Gasteiger partial charge in [0.15, 0.2) is 0 Å². The molecule has 0 aromatic heterocycles. The Kier molecular flexibility index (Phi) is 3.34. The number of hydrogen-bond donors (Lipinski definition) is 1. The number of nitrogens with one attached hydrogen (secondary N) is 1. The van der Waals surface area contributed by atoms with Crippen molar-refractivity contribution in [1.82, 2.24) is 5.32 Å². The van der Waals surface area contributed by atoms with Crippen molar-refractivity contribution in [3.8, 4) is 0 Å². The SMILES string of the molecule is CCCNCC1(c2cccc(Cl)c2F)CC2(CC2)C1. The molecule has 2 aliphatic carbocycles. The van der Waals surface area contributed by atoms with Gasteiger partial charge in [0, 0.05) is 12.0 Å². The van der Waals surface area contributed by atoms with Crippen LogP contribution in [0.5, 0.6) is 0 Å². The van der Waals surface area contributed by atoms with E-state index in [0.29, 0.717) is 5.41 Å². The predicted octanol–water partition coefficient (Wildman–Crippen LogP) is 4.29. The third kappa shape index (κ3) is 2.30. The Balaban J connectivity index is 1.84. The molecule has 2 aliphatic rings. The van der Waals surface area contributed by atoms with E-state index >= 15 is 0 Å². The molecule has 0 saturated heterocycles. The van der Waals surface area contributed by atoms with Crippen LogP contribution >= 0.6 is 11.6 Å². The lowest BCUT2D eigenvalue weighted by molar-refractivity contribution is 0.112. The van der Waals surface area contributed by atoms with E-state index in [0.717, 1.165) is 37.9 Å². The Labute approximate surface area is 119 Å². The lowest BCUT2D eigenvalue weighted by Crippen LogP contribution is -2.50. The maximum Gasteiger partial charge on any atom is 0.145 e. The van der Waals surface area contributed by atoms with Crippen molar-refractivity contribution in [2.45, 2.75) is 44.4 Å². The van der Waals surface area contributed by atoms with Gasteiger partial charge in [0.2, 0.25) is 0 Å². The summed E-state index contributed by atoms with van der Waals surface area (Å²) in [6.07, 6.45) is 6.00. The van der Waals surface area contributed by atoms with Crippen LogP contribution in [0.25, 0.3) is 0 Å². The molecule has 1 aromatic carbocycles. The molecule has 19 heavy (non-hydrogen) atoms. The summed E-state index contributed by atoms with van der Waals surface area (Å²) in [6, 6.07) is 5.43. The summed E-state index contributed by atoms with van der Waals surface area (Å²) in [5.41, 5.74) is 1.34. The first kappa shape index (κ1) is 13.4. The van der Waals surface area contributed by atoms with E-state index < -0.39 is 0 Å². The van der Waals surface area contributed by atoms with E-state index in [2.05, 4.69) is 12.2 Å². The molecule has 0 heterocycles. The van der Waals surface area contributed by atoms with Crippen LogP contribution in [0.4, 0.5) is 4.39 Å². The molecule has 0 amide bonds. The lowest BCUT2D eigenvalue weighted by Gasteiger charge is -2.49. The molecule has 1 N–H and O–H groups in total. The average molecular weight is 282 g/mol. The van der Waals surface area contributed by atoms with E-state index in [1.54, 1.807) is 6.07 Å². The minimum Gasteiger partial charge on any atom is -0.316 e. The molecule has 104 valence electrons. The van der Waals surface area contributed by atoms with Crippen LogP contribution in [0.1, 0.15) is 44.6 Å². The van der Waals surface area contributed by atoms with Gasteiger partial charge in [-0.05, 0) is 55.7 Å². The van der Waals surface area contributed by atoms with Gasteiger partial charge in [0.1, 0.15) is 5.82 Å². The fraction of sp³-hybridized carbons (Fsp3) is 0.625. The highest BCUT2D eigenvalue weighted by Crippen LogP contribution is 2.69. The second kappa shape index (κ2) is 4.75. The van der Waals surface area contributed by atoms with Crippen LogP contribution in [0.3, 0.4) is 0 Å². The van der Waals surface area contributed by atoms with E-state index in [4.69, 9.17) is 11.6 Å². The number of rotatable bonds is 5. The minimum atomic E-state index is -0.210. The summed E-state index contributed by atoms with van der Waals surface area (Å²) in [5.74, 6) is -0.210. The van der Waals surface area contributed by atoms with Crippen molar-refractivity contribution in [2.75, 3.05) is 13.1 Å². The van der Waals surface area contributed by atoms with Crippen molar-refractivity contribution >= 4 is 11.6 Å². The fourth-order valence-electron chi connectivity index (χ4n) is 3.74. The van der Waals surface area contributed by atoms with E-state index in [1.807, 2.05) is 12.1 Å². The van der Waals surface area contributed by atoms with Gasteiger partial charge < -0.3 is 5.32 Å². The number of halogens is 2. The second-order valence-electron chi connectivity index (χ2n) is 6.41. The first-order chi connectivity index (χ1) is 9.11. The molecule has 3 rings (SSSR count). The van der Waals surface area contributed by atoms with Gasteiger partial charge in [-0.3, -0.25) is 0 Å². The molecule has 2 saturated carbocycles. The Hall–Kier alpha value is -0.600. The van der Waals surface area contributed by atoms with Crippen molar-refractivity contribution in [3.05, 3.63) is 34.6 Å². The second-order valence-corrected chi connectivity index (χ2v) is 6.82. The predicted molar refractivity (Wildman–Crippen MR) is 77.1 cm³/mol. The number of benzene rings is 1. The summed E-state index contributed by atoms with van der Waals surface area (Å²) in [7, 11) is 0. The zero-order valence-electron chi connectivity index (χ0n) is 11.4. The number of hydrogen-bond acceptors (Lipinski definition) is 1. The molecule has 0 atom stereocenters. The molecular formula is C16H21ClFN. The first-order valence-corrected chi connectivity index (χ1v) is 7.64. The average Bonchev–Trinajstić information content (AvgIpc) is 3.12. The van der Waals surface area contributed by atoms with Crippen molar-refractivity contribution in [2.24, 2.45) is 5.41 Å². The summed E-state index contributed by atoms with van der Waals surface area (Å²) in [4.78, 5) is 0. The van der Waals surface area contributed by atoms with Gasteiger partial charge in [-0.2, -0.15) is 0 Å². The zero-order valence-corrected chi connectivity index (χ0v) is 12.2. The van der Waals surface area contributed by atoms with Crippen LogP contribution in [0, 0.1) is 11.2 Å². The van der Waals surface area contributed by atoms with Crippen LogP contribution in [0.2, 0.25) is 5.02 Å². The van der Waals surface area contributed by atoms with Gasteiger partial charge in [0.25, 0.3) is 0 Å². The standard InChI is InChI=1S/C16H21ClFN/c1-2-8-19-11-16(9-15(10-16)6-7-15)12-4-3-5-13(17)14(12)18/h3-5,19H,2,6-11H2,1H3. The Morgan fingerprint density at radius 3 is 2.68 bits per heavy atom. The molecule has 1 spiro atoms. The topological polar surface area (TPSA) is 12.0 Å². The highest BCUT2D eigenvalue weighted by Gasteiger charge is 2.61. The molecule has 0 radical (unpaired) electrons. The lowest BCUT2D eigenvalue weighted by atomic mass is 9.56. The normalized spacial score (nSPS) is 22.3. The van der Waals surface area contributed by atoms with Gasteiger partial charge >= 0.3 is 0 Å². The summed E-state index contributed by atoms with van der Waals surface area (Å²) < 4.78 is 14.3. The molecule has 1 nitrogen and oxygen atoms in total. The zero-order chi connectivity index (χ0) is 13.5. The van der Waals surface area contributed by atoms with Crippen LogP contribution < -0.4 is 5.32 Å². The van der Waals surface area contributed by atoms with Gasteiger partial charge in [-0.15, -0.1) is 0 Å². The van der Waals surface area contributed by atoms with Crippen molar-refractivity contribution in [3.63, 3.8) is 0 Å². The Morgan fingerprint density at radius 1 is 1.32 bits per heavy atom. The fourth-order valence-corrected chi connectivity index (χ4v) is 3.92. The maximum absolute atomic E-state index is 14.3. The first-order valence-electron chi connectivity index (χ1n) is 7.26. The van der Waals surface area contributed by atoms with Crippen LogP contribution in [-0.4, -0.2) is 13.1 Å². The summed E-state index contributed by atoms with van der Waals surface area (Å²) >= 11 is 5.95. The quantitative estimate of drug-likeness (QED) is 0.794. The minimum absolute atomic E-state index is 0.0271. The highest BCUT2D eigenvalue weighted by atomic mass is 35.5. The van der Waals surface area contributed by atoms with Gasteiger partial charge in [-0.25, -0.2) is 4.39 Å².